The Morgan fingerprint density at radius 3 is 2.45 bits per heavy atom. The fourth-order valence-corrected chi connectivity index (χ4v) is 0.394. The number of carbonyl (C=O) groups is 1. The van der Waals surface area contributed by atoms with Crippen molar-refractivity contribution in [1.29, 1.82) is 0 Å². The molecule has 0 radical (unpaired) electrons. The maximum absolute atomic E-state index is 11.2. The van der Waals surface area contributed by atoms with Gasteiger partial charge in [0.15, 0.2) is 0 Å². The molecule has 1 amide bonds. The molecular formula is C5H8F3NO2. The predicted octanol–water partition coefficient (Wildman–Crippen LogP) is 0.659. The number of halogens is 3. The third kappa shape index (κ3) is 9.22. The van der Waals surface area contributed by atoms with Crippen LogP contribution in [0.15, 0.2) is 0 Å². The van der Waals surface area contributed by atoms with Crippen LogP contribution in [0.5, 0.6) is 0 Å². The van der Waals surface area contributed by atoms with Gasteiger partial charge in [-0.05, 0) is 0 Å². The van der Waals surface area contributed by atoms with Gasteiger partial charge in [-0.25, -0.2) is 0 Å². The number of hydrogen-bond acceptors (Lipinski definition) is 2. The lowest BCUT2D eigenvalue weighted by Crippen LogP contribution is -2.27. The topological polar surface area (TPSA) is 38.3 Å². The molecule has 0 aliphatic heterocycles. The highest BCUT2D eigenvalue weighted by atomic mass is 19.4. The van der Waals surface area contributed by atoms with Gasteiger partial charge in [0.1, 0.15) is 0 Å². The summed E-state index contributed by atoms with van der Waals surface area (Å²) in [7, 11) is 0. The molecule has 0 aromatic carbocycles. The fourth-order valence-electron chi connectivity index (χ4n) is 0.394. The van der Waals surface area contributed by atoms with E-state index in [9.17, 15) is 18.0 Å². The molecule has 0 rings (SSSR count). The fraction of sp³-hybridized carbons (Fsp3) is 0.800. The summed E-state index contributed by atoms with van der Waals surface area (Å²) in [4.78, 5) is 10.1. The second-order valence-electron chi connectivity index (χ2n) is 1.78. The minimum atomic E-state index is -4.61. The summed E-state index contributed by atoms with van der Waals surface area (Å²) < 4.78 is 37.1. The van der Waals surface area contributed by atoms with Crippen molar-refractivity contribution in [3.05, 3.63) is 0 Å². The van der Waals surface area contributed by atoms with Crippen molar-refractivity contribution in [2.24, 2.45) is 0 Å². The highest BCUT2D eigenvalue weighted by Crippen LogP contribution is 2.14. The lowest BCUT2D eigenvalue weighted by molar-refractivity contribution is -0.323. The van der Waals surface area contributed by atoms with Crippen molar-refractivity contribution in [1.82, 2.24) is 5.32 Å². The van der Waals surface area contributed by atoms with Crippen molar-refractivity contribution < 1.29 is 22.7 Å². The number of amides is 1. The van der Waals surface area contributed by atoms with Crippen molar-refractivity contribution >= 4 is 5.91 Å². The van der Waals surface area contributed by atoms with Crippen LogP contribution in [-0.4, -0.2) is 25.4 Å². The van der Waals surface area contributed by atoms with Crippen LogP contribution in [0.4, 0.5) is 13.2 Å². The molecule has 0 aromatic heterocycles. The monoisotopic (exact) mass is 171 g/mol. The van der Waals surface area contributed by atoms with E-state index in [-0.39, 0.29) is 12.5 Å². The molecule has 0 aliphatic rings. The molecule has 0 bridgehead atoms. The molecule has 0 spiro atoms. The number of alkyl halides is 3. The summed E-state index contributed by atoms with van der Waals surface area (Å²) in [5.74, 6) is -0.379. The molecule has 0 saturated heterocycles. The Kier molecular flexibility index (Phi) is 3.88. The van der Waals surface area contributed by atoms with Crippen LogP contribution in [0.3, 0.4) is 0 Å². The van der Waals surface area contributed by atoms with Crippen LogP contribution in [0.25, 0.3) is 0 Å². The molecule has 0 heterocycles. The van der Waals surface area contributed by atoms with Crippen LogP contribution >= 0.6 is 0 Å². The molecular weight excluding hydrogens is 163 g/mol. The Labute approximate surface area is 61.5 Å². The highest BCUT2D eigenvalue weighted by molar-refractivity contribution is 5.72. The van der Waals surface area contributed by atoms with Gasteiger partial charge in [0.2, 0.25) is 5.91 Å². The Hall–Kier alpha value is -0.780. The van der Waals surface area contributed by atoms with Gasteiger partial charge < -0.3 is 5.32 Å². The lowest BCUT2D eigenvalue weighted by Gasteiger charge is -2.06. The molecule has 0 unspecified atom stereocenters. The van der Waals surface area contributed by atoms with Crippen molar-refractivity contribution in [2.75, 3.05) is 13.2 Å². The van der Waals surface area contributed by atoms with E-state index in [0.29, 0.717) is 0 Å². The van der Waals surface area contributed by atoms with E-state index in [1.807, 2.05) is 0 Å². The van der Waals surface area contributed by atoms with Crippen LogP contribution in [0, 0.1) is 0 Å². The maximum Gasteiger partial charge on any atom is 0.522 e. The molecule has 0 atom stereocenters. The van der Waals surface area contributed by atoms with E-state index in [1.54, 1.807) is 0 Å². The number of carbonyl (C=O) groups excluding carboxylic acids is 1. The maximum atomic E-state index is 11.2. The average Bonchev–Trinajstić information content (AvgIpc) is 1.78. The van der Waals surface area contributed by atoms with Gasteiger partial charge in [-0.15, -0.1) is 13.2 Å². The second kappa shape index (κ2) is 4.17. The molecule has 0 aliphatic carbocycles. The van der Waals surface area contributed by atoms with Gasteiger partial charge in [0, 0.05) is 13.5 Å². The Bertz CT molecular complexity index is 134. The van der Waals surface area contributed by atoms with Crippen molar-refractivity contribution in [2.45, 2.75) is 13.3 Å². The third-order valence-electron chi connectivity index (χ3n) is 0.742. The van der Waals surface area contributed by atoms with E-state index in [1.165, 1.54) is 6.92 Å². The lowest BCUT2D eigenvalue weighted by atomic mass is 10.6. The minimum absolute atomic E-state index is 0.130. The average molecular weight is 171 g/mol. The smallest absolute Gasteiger partial charge is 0.354 e. The first-order chi connectivity index (χ1) is 4.92. The summed E-state index contributed by atoms with van der Waals surface area (Å²) in [6.07, 6.45) is -4.61. The molecule has 0 fully saturated rings. The molecule has 6 heteroatoms. The zero-order valence-electron chi connectivity index (χ0n) is 5.86. The molecule has 66 valence electrons. The molecule has 0 saturated carbocycles. The van der Waals surface area contributed by atoms with Crippen LogP contribution in [0.2, 0.25) is 0 Å². The standard InChI is InChI=1S/C5H8F3NO2/c1-4(10)9-2-3-11-5(6,7)8/h2-3H2,1H3,(H,9,10). The Morgan fingerprint density at radius 2 is 2.09 bits per heavy atom. The number of nitrogens with one attached hydrogen (secondary N) is 1. The van der Waals surface area contributed by atoms with Crippen LogP contribution in [0.1, 0.15) is 6.92 Å². The molecule has 3 nitrogen and oxygen atoms in total. The van der Waals surface area contributed by atoms with E-state index in [2.05, 4.69) is 10.1 Å². The Balaban J connectivity index is 3.22. The normalized spacial score (nSPS) is 11.3. The quantitative estimate of drug-likeness (QED) is 0.633. The first kappa shape index (κ1) is 10.2. The van der Waals surface area contributed by atoms with Gasteiger partial charge >= 0.3 is 6.36 Å². The summed E-state index contributed by atoms with van der Waals surface area (Å²) in [6, 6.07) is 0. The summed E-state index contributed by atoms with van der Waals surface area (Å²) in [6.45, 7) is 0.533. The molecule has 0 aromatic rings. The van der Waals surface area contributed by atoms with E-state index in [0.717, 1.165) is 0 Å². The highest BCUT2D eigenvalue weighted by Gasteiger charge is 2.28. The van der Waals surface area contributed by atoms with Crippen molar-refractivity contribution in [3.8, 4) is 0 Å². The number of hydrogen-bond donors (Lipinski definition) is 1. The molecule has 1 N–H and O–H groups in total. The number of ether oxygens (including phenoxy) is 1. The number of rotatable bonds is 3. The van der Waals surface area contributed by atoms with Gasteiger partial charge in [-0.3, -0.25) is 9.53 Å². The van der Waals surface area contributed by atoms with E-state index < -0.39 is 13.0 Å². The molecule has 11 heavy (non-hydrogen) atoms. The largest absolute Gasteiger partial charge is 0.522 e. The van der Waals surface area contributed by atoms with Gasteiger partial charge in [-0.2, -0.15) is 0 Å². The summed E-state index contributed by atoms with van der Waals surface area (Å²) >= 11 is 0. The van der Waals surface area contributed by atoms with Crippen LogP contribution in [-0.2, 0) is 9.53 Å². The SMILES string of the molecule is CC(=O)NCCOC(F)(F)F. The Morgan fingerprint density at radius 1 is 1.55 bits per heavy atom. The summed E-state index contributed by atoms with van der Waals surface area (Å²) in [5.41, 5.74) is 0. The van der Waals surface area contributed by atoms with E-state index >= 15 is 0 Å². The van der Waals surface area contributed by atoms with Gasteiger partial charge in [-0.1, -0.05) is 0 Å². The third-order valence-corrected chi connectivity index (χ3v) is 0.742. The zero-order chi connectivity index (χ0) is 8.91. The summed E-state index contributed by atoms with van der Waals surface area (Å²) in [5, 5.41) is 2.15. The van der Waals surface area contributed by atoms with Crippen molar-refractivity contribution in [3.63, 3.8) is 0 Å². The van der Waals surface area contributed by atoms with Gasteiger partial charge in [0.05, 0.1) is 6.61 Å². The second-order valence-corrected chi connectivity index (χ2v) is 1.78. The van der Waals surface area contributed by atoms with Gasteiger partial charge in [0.25, 0.3) is 0 Å². The minimum Gasteiger partial charge on any atom is -0.354 e. The first-order valence-electron chi connectivity index (χ1n) is 2.87. The first-order valence-corrected chi connectivity index (χ1v) is 2.87. The predicted molar refractivity (Wildman–Crippen MR) is 30.7 cm³/mol. The zero-order valence-corrected chi connectivity index (χ0v) is 5.86. The van der Waals surface area contributed by atoms with Crippen LogP contribution < -0.4 is 5.32 Å². The van der Waals surface area contributed by atoms with E-state index in [4.69, 9.17) is 0 Å².